The lowest BCUT2D eigenvalue weighted by Gasteiger charge is -2.35. The fraction of sp³-hybridized carbons (Fsp3) is 0.650. The van der Waals surface area contributed by atoms with E-state index in [1.807, 2.05) is 24.3 Å². The Kier molecular flexibility index (Phi) is 9.14. The third-order valence-corrected chi connectivity index (χ3v) is 6.53. The van der Waals surface area contributed by atoms with Crippen molar-refractivity contribution in [3.05, 3.63) is 29.3 Å². The second-order valence-electron chi connectivity index (χ2n) is 6.71. The molecule has 1 aliphatic rings. The van der Waals surface area contributed by atoms with Crippen molar-refractivity contribution >= 4 is 29.3 Å². The van der Waals surface area contributed by atoms with Crippen LogP contribution in [0.3, 0.4) is 0 Å². The Balaban J connectivity index is 1.71. The highest BCUT2D eigenvalue weighted by Gasteiger charge is 2.21. The third-order valence-electron chi connectivity index (χ3n) is 4.90. The van der Waals surface area contributed by atoms with Crippen LogP contribution in [0.1, 0.15) is 52.4 Å². The Morgan fingerprint density at radius 2 is 2.08 bits per heavy atom. The highest BCUT2D eigenvalue weighted by atomic mass is 35.5. The number of nitrogens with zero attached hydrogens (tertiary/aromatic N) is 1. The van der Waals surface area contributed by atoms with Crippen molar-refractivity contribution in [1.29, 1.82) is 0 Å². The van der Waals surface area contributed by atoms with Gasteiger partial charge in [-0.05, 0) is 62.9 Å². The van der Waals surface area contributed by atoms with Gasteiger partial charge < -0.3 is 10.2 Å². The molecule has 25 heavy (non-hydrogen) atoms. The summed E-state index contributed by atoms with van der Waals surface area (Å²) in [5.41, 5.74) is 0. The van der Waals surface area contributed by atoms with E-state index in [0.29, 0.717) is 0 Å². The van der Waals surface area contributed by atoms with Crippen LogP contribution in [0.25, 0.3) is 0 Å². The predicted molar refractivity (Wildman–Crippen MR) is 109 cm³/mol. The number of nitrogens with one attached hydrogen (secondary N) is 1. The lowest BCUT2D eigenvalue weighted by atomic mass is 10.00. The van der Waals surface area contributed by atoms with Gasteiger partial charge in [0.15, 0.2) is 0 Å². The van der Waals surface area contributed by atoms with Gasteiger partial charge in [0.2, 0.25) is 5.91 Å². The number of hydrogen-bond donors (Lipinski definition) is 1. The molecule has 0 aromatic heterocycles. The van der Waals surface area contributed by atoms with Gasteiger partial charge in [0, 0.05) is 29.0 Å². The molecule has 1 saturated heterocycles. The topological polar surface area (TPSA) is 32.3 Å². The van der Waals surface area contributed by atoms with Crippen molar-refractivity contribution in [2.75, 3.05) is 19.6 Å². The summed E-state index contributed by atoms with van der Waals surface area (Å²) in [6.07, 6.45) is 7.11. The fourth-order valence-corrected chi connectivity index (χ4v) is 4.53. The van der Waals surface area contributed by atoms with Crippen molar-refractivity contribution in [3.63, 3.8) is 0 Å². The first-order valence-corrected chi connectivity index (χ1v) is 10.8. The van der Waals surface area contributed by atoms with Gasteiger partial charge in [0.25, 0.3) is 0 Å². The average Bonchev–Trinajstić information content (AvgIpc) is 2.64. The predicted octanol–water partition coefficient (Wildman–Crippen LogP) is 4.98. The SMILES string of the molecule is CC[C@@H]1CCCCN1CCCNC(=O)[C@@H](CC)Sc1ccc(Cl)cc1. The van der Waals surface area contributed by atoms with Gasteiger partial charge in [0.05, 0.1) is 5.25 Å². The van der Waals surface area contributed by atoms with Gasteiger partial charge in [-0.25, -0.2) is 0 Å². The summed E-state index contributed by atoms with van der Waals surface area (Å²) in [4.78, 5) is 16.1. The zero-order valence-corrected chi connectivity index (χ0v) is 17.0. The van der Waals surface area contributed by atoms with Crippen molar-refractivity contribution in [3.8, 4) is 0 Å². The third kappa shape index (κ3) is 6.84. The first-order chi connectivity index (χ1) is 12.1. The number of carbonyl (C=O) groups excluding carboxylic acids is 1. The maximum absolute atomic E-state index is 12.4. The van der Waals surface area contributed by atoms with Crippen LogP contribution in [0.15, 0.2) is 29.2 Å². The summed E-state index contributed by atoms with van der Waals surface area (Å²) in [5.74, 6) is 0.146. The standard InChI is InChI=1S/C20H31ClN2OS/c1-3-17-8-5-6-14-23(17)15-7-13-22-20(24)19(4-2)25-18-11-9-16(21)10-12-18/h9-12,17,19H,3-8,13-15H2,1-2H3,(H,22,24)/t17-,19-/m1/s1. The number of rotatable bonds is 9. The molecule has 0 spiro atoms. The molecule has 3 nitrogen and oxygen atoms in total. The number of likely N-dealkylation sites (tertiary alicyclic amines) is 1. The fourth-order valence-electron chi connectivity index (χ4n) is 3.42. The Morgan fingerprint density at radius 1 is 1.32 bits per heavy atom. The number of hydrogen-bond acceptors (Lipinski definition) is 3. The van der Waals surface area contributed by atoms with Gasteiger partial charge in [-0.1, -0.05) is 31.9 Å². The van der Waals surface area contributed by atoms with Crippen molar-refractivity contribution in [1.82, 2.24) is 10.2 Å². The minimum Gasteiger partial charge on any atom is -0.355 e. The highest BCUT2D eigenvalue weighted by Crippen LogP contribution is 2.26. The number of piperidine rings is 1. The Bertz CT molecular complexity index is 523. The maximum atomic E-state index is 12.4. The number of carbonyl (C=O) groups is 1. The van der Waals surface area contributed by atoms with E-state index in [2.05, 4.69) is 24.1 Å². The number of thioether (sulfide) groups is 1. The van der Waals surface area contributed by atoms with Crippen LogP contribution in [-0.4, -0.2) is 41.7 Å². The van der Waals surface area contributed by atoms with E-state index in [0.717, 1.165) is 41.9 Å². The first kappa shape index (κ1) is 20.6. The molecule has 1 N–H and O–H groups in total. The van der Waals surface area contributed by atoms with Gasteiger partial charge in [0.1, 0.15) is 0 Å². The van der Waals surface area contributed by atoms with Crippen LogP contribution in [0.4, 0.5) is 0 Å². The lowest BCUT2D eigenvalue weighted by Crippen LogP contribution is -2.41. The number of amides is 1. The largest absolute Gasteiger partial charge is 0.355 e. The molecule has 0 saturated carbocycles. The van der Waals surface area contributed by atoms with Crippen LogP contribution in [0.2, 0.25) is 5.02 Å². The van der Waals surface area contributed by atoms with Gasteiger partial charge in [-0.3, -0.25) is 4.79 Å². The molecule has 1 aromatic rings. The summed E-state index contributed by atoms with van der Waals surface area (Å²) in [6.45, 7) is 7.43. The normalized spacial score (nSPS) is 19.6. The smallest absolute Gasteiger partial charge is 0.233 e. The molecule has 1 aliphatic heterocycles. The average molecular weight is 383 g/mol. The minimum atomic E-state index is -0.0421. The van der Waals surface area contributed by atoms with Crippen molar-refractivity contribution < 1.29 is 4.79 Å². The van der Waals surface area contributed by atoms with E-state index in [9.17, 15) is 4.79 Å². The molecule has 0 bridgehead atoms. The molecule has 2 rings (SSSR count). The summed E-state index contributed by atoms with van der Waals surface area (Å²) in [7, 11) is 0. The molecular weight excluding hydrogens is 352 g/mol. The van der Waals surface area contributed by atoms with Crippen LogP contribution >= 0.6 is 23.4 Å². The van der Waals surface area contributed by atoms with Crippen molar-refractivity contribution in [2.24, 2.45) is 0 Å². The maximum Gasteiger partial charge on any atom is 0.233 e. The summed E-state index contributed by atoms with van der Waals surface area (Å²) in [5, 5.41) is 3.81. The van der Waals surface area contributed by atoms with Gasteiger partial charge >= 0.3 is 0 Å². The molecule has 1 heterocycles. The minimum absolute atomic E-state index is 0.0421. The summed E-state index contributed by atoms with van der Waals surface area (Å²) in [6, 6.07) is 8.44. The van der Waals surface area contributed by atoms with Crippen LogP contribution in [0.5, 0.6) is 0 Å². The van der Waals surface area contributed by atoms with Gasteiger partial charge in [-0.2, -0.15) is 0 Å². The molecule has 0 aliphatic carbocycles. The van der Waals surface area contributed by atoms with Crippen LogP contribution in [0, 0.1) is 0 Å². The summed E-state index contributed by atoms with van der Waals surface area (Å²) < 4.78 is 0. The Hall–Kier alpha value is -0.710. The second-order valence-corrected chi connectivity index (χ2v) is 8.42. The van der Waals surface area contributed by atoms with E-state index in [1.165, 1.54) is 32.2 Å². The Labute approximate surface area is 161 Å². The second kappa shape index (κ2) is 11.1. The Morgan fingerprint density at radius 3 is 2.76 bits per heavy atom. The molecule has 1 amide bonds. The van der Waals surface area contributed by atoms with E-state index in [1.54, 1.807) is 11.8 Å². The van der Waals surface area contributed by atoms with E-state index < -0.39 is 0 Å². The number of benzene rings is 1. The monoisotopic (exact) mass is 382 g/mol. The first-order valence-electron chi connectivity index (χ1n) is 9.58. The van der Waals surface area contributed by atoms with Crippen LogP contribution in [-0.2, 0) is 4.79 Å². The molecule has 2 atom stereocenters. The molecule has 0 radical (unpaired) electrons. The molecule has 5 heteroatoms. The molecule has 1 fully saturated rings. The van der Waals surface area contributed by atoms with Crippen LogP contribution < -0.4 is 5.32 Å². The van der Waals surface area contributed by atoms with E-state index in [4.69, 9.17) is 11.6 Å². The molecular formula is C20H31ClN2OS. The lowest BCUT2D eigenvalue weighted by molar-refractivity contribution is -0.120. The number of halogens is 1. The molecule has 1 aromatic carbocycles. The van der Waals surface area contributed by atoms with E-state index >= 15 is 0 Å². The zero-order valence-electron chi connectivity index (χ0n) is 15.5. The van der Waals surface area contributed by atoms with E-state index in [-0.39, 0.29) is 11.2 Å². The zero-order chi connectivity index (χ0) is 18.1. The highest BCUT2D eigenvalue weighted by molar-refractivity contribution is 8.00. The molecule has 0 unspecified atom stereocenters. The van der Waals surface area contributed by atoms with Crippen molar-refractivity contribution in [2.45, 2.75) is 68.6 Å². The van der Waals surface area contributed by atoms with Gasteiger partial charge in [-0.15, -0.1) is 11.8 Å². The quantitative estimate of drug-likeness (QED) is 0.482. The summed E-state index contributed by atoms with van der Waals surface area (Å²) >= 11 is 7.54. The molecule has 140 valence electrons.